The van der Waals surface area contributed by atoms with Gasteiger partial charge in [-0.25, -0.2) is 4.98 Å². The highest BCUT2D eigenvalue weighted by molar-refractivity contribution is 7.14. The number of rotatable bonds is 4. The van der Waals surface area contributed by atoms with E-state index in [2.05, 4.69) is 54.0 Å². The number of thiazole rings is 1. The molecule has 0 bridgehead atoms. The number of tetrazole rings is 1. The molecule has 0 radical (unpaired) electrons. The van der Waals surface area contributed by atoms with Gasteiger partial charge in [0.15, 0.2) is 16.6 Å². The van der Waals surface area contributed by atoms with Gasteiger partial charge in [-0.3, -0.25) is 4.79 Å². The third kappa shape index (κ3) is 3.60. The van der Waals surface area contributed by atoms with Crippen molar-refractivity contribution < 1.29 is 4.79 Å². The van der Waals surface area contributed by atoms with E-state index in [1.165, 1.54) is 39.9 Å². The number of amides is 1. The van der Waals surface area contributed by atoms with Gasteiger partial charge in [-0.2, -0.15) is 0 Å². The maximum Gasteiger partial charge on any atom is 0.229 e. The van der Waals surface area contributed by atoms with E-state index in [-0.39, 0.29) is 11.8 Å². The van der Waals surface area contributed by atoms with Gasteiger partial charge in [0.2, 0.25) is 5.91 Å². The summed E-state index contributed by atoms with van der Waals surface area (Å²) in [6.07, 6.45) is 5.09. The third-order valence-electron chi connectivity index (χ3n) is 6.37. The Morgan fingerprint density at radius 1 is 1.09 bits per heavy atom. The second-order valence-corrected chi connectivity index (χ2v) is 9.20. The quantitative estimate of drug-likeness (QED) is 0.514. The first kappa shape index (κ1) is 19.3. The summed E-state index contributed by atoms with van der Waals surface area (Å²) in [5, 5.41) is 21.5. The molecule has 0 atom stereocenters. The van der Waals surface area contributed by atoms with Crippen LogP contribution in [0.4, 0.5) is 10.9 Å². The molecule has 1 saturated heterocycles. The van der Waals surface area contributed by atoms with Gasteiger partial charge in [0.25, 0.3) is 0 Å². The van der Waals surface area contributed by atoms with Crippen molar-refractivity contribution in [2.75, 3.05) is 23.3 Å². The largest absolute Gasteiger partial charge is 0.355 e. The molecule has 1 aliphatic heterocycles. The van der Waals surface area contributed by atoms with Crippen molar-refractivity contribution in [1.82, 2.24) is 30.2 Å². The number of anilines is 2. The second-order valence-electron chi connectivity index (χ2n) is 8.34. The Bertz CT molecular complexity index is 1290. The molecule has 6 rings (SSSR count). The number of hydrogen-bond donors (Lipinski definition) is 1. The fraction of sp³-hybridized carbons (Fsp3) is 0.364. The molecule has 0 spiro atoms. The Balaban J connectivity index is 1.08. The van der Waals surface area contributed by atoms with Crippen LogP contribution in [0.5, 0.6) is 0 Å². The first-order valence-corrected chi connectivity index (χ1v) is 11.8. The molecule has 1 N–H and O–H groups in total. The zero-order chi connectivity index (χ0) is 21.5. The van der Waals surface area contributed by atoms with E-state index in [0.29, 0.717) is 10.8 Å². The molecular weight excluding hydrogens is 424 g/mol. The summed E-state index contributed by atoms with van der Waals surface area (Å²) in [4.78, 5) is 19.7. The topological polar surface area (TPSA) is 101 Å². The predicted molar refractivity (Wildman–Crippen MR) is 122 cm³/mol. The Morgan fingerprint density at radius 2 is 1.97 bits per heavy atom. The Morgan fingerprint density at radius 3 is 2.88 bits per heavy atom. The van der Waals surface area contributed by atoms with E-state index in [0.717, 1.165) is 49.4 Å². The molecule has 32 heavy (non-hydrogen) atoms. The lowest BCUT2D eigenvalue weighted by Gasteiger charge is -2.31. The SMILES string of the molecule is O=C(Nc1nc(-c2ccc3c(c2)CCC3)cs1)C1CCN(c2ccc3nnnn3n2)CC1. The Labute approximate surface area is 188 Å². The lowest BCUT2D eigenvalue weighted by atomic mass is 9.96. The van der Waals surface area contributed by atoms with E-state index in [1.54, 1.807) is 0 Å². The molecular formula is C22H22N8OS. The van der Waals surface area contributed by atoms with Crippen molar-refractivity contribution >= 4 is 33.8 Å². The third-order valence-corrected chi connectivity index (χ3v) is 7.13. The fourth-order valence-corrected chi connectivity index (χ4v) is 5.30. The monoisotopic (exact) mass is 446 g/mol. The molecule has 0 saturated carbocycles. The van der Waals surface area contributed by atoms with Crippen molar-refractivity contribution in [3.63, 3.8) is 0 Å². The molecule has 10 heteroatoms. The van der Waals surface area contributed by atoms with Gasteiger partial charge in [-0.05, 0) is 71.9 Å². The van der Waals surface area contributed by atoms with Crippen molar-refractivity contribution in [3.8, 4) is 11.3 Å². The summed E-state index contributed by atoms with van der Waals surface area (Å²) < 4.78 is 1.43. The lowest BCUT2D eigenvalue weighted by molar-refractivity contribution is -0.120. The number of carbonyl (C=O) groups excluding carboxylic acids is 1. The van der Waals surface area contributed by atoms with Gasteiger partial charge in [0, 0.05) is 30.0 Å². The average molecular weight is 447 g/mol. The minimum Gasteiger partial charge on any atom is -0.355 e. The fourth-order valence-electron chi connectivity index (χ4n) is 4.58. The normalized spacial score (nSPS) is 16.4. The molecule has 4 heterocycles. The molecule has 2 aliphatic rings. The smallest absolute Gasteiger partial charge is 0.229 e. The Kier molecular flexibility index (Phi) is 4.79. The maximum atomic E-state index is 12.8. The summed E-state index contributed by atoms with van der Waals surface area (Å²) in [6.45, 7) is 1.52. The summed E-state index contributed by atoms with van der Waals surface area (Å²) in [6, 6.07) is 10.4. The molecule has 1 aliphatic carbocycles. The summed E-state index contributed by atoms with van der Waals surface area (Å²) in [5.74, 6) is 0.835. The van der Waals surface area contributed by atoms with E-state index >= 15 is 0 Å². The van der Waals surface area contributed by atoms with Gasteiger partial charge in [0.1, 0.15) is 0 Å². The number of fused-ring (bicyclic) bond motifs is 2. The summed E-state index contributed by atoms with van der Waals surface area (Å²) >= 11 is 1.48. The van der Waals surface area contributed by atoms with Crippen LogP contribution in [-0.2, 0) is 17.6 Å². The highest BCUT2D eigenvalue weighted by Crippen LogP contribution is 2.31. The number of piperidine rings is 1. The Hall–Kier alpha value is -3.40. The van der Waals surface area contributed by atoms with Crippen LogP contribution >= 0.6 is 11.3 Å². The number of aryl methyl sites for hydroxylation is 2. The van der Waals surface area contributed by atoms with Crippen molar-refractivity contribution in [1.29, 1.82) is 0 Å². The first-order chi connectivity index (χ1) is 15.7. The minimum atomic E-state index is -0.0321. The van der Waals surface area contributed by atoms with Crippen LogP contribution in [0.2, 0.25) is 0 Å². The van der Waals surface area contributed by atoms with Gasteiger partial charge in [0.05, 0.1) is 5.69 Å². The summed E-state index contributed by atoms with van der Waals surface area (Å²) in [7, 11) is 0. The molecule has 1 amide bonds. The molecule has 162 valence electrons. The van der Waals surface area contributed by atoms with Crippen LogP contribution in [-0.4, -0.2) is 49.2 Å². The number of aromatic nitrogens is 6. The number of carbonyl (C=O) groups is 1. The van der Waals surface area contributed by atoms with E-state index in [4.69, 9.17) is 0 Å². The van der Waals surface area contributed by atoms with Gasteiger partial charge in [-0.15, -0.1) is 26.2 Å². The zero-order valence-corrected chi connectivity index (χ0v) is 18.3. The van der Waals surface area contributed by atoms with Gasteiger partial charge >= 0.3 is 0 Å². The first-order valence-electron chi connectivity index (χ1n) is 10.9. The second kappa shape index (κ2) is 7.94. The molecule has 9 nitrogen and oxygen atoms in total. The van der Waals surface area contributed by atoms with E-state index < -0.39 is 0 Å². The number of hydrogen-bond acceptors (Lipinski definition) is 8. The standard InChI is InChI=1S/C22H22N8OS/c31-21(15-8-10-29(11-9-15)20-7-6-19-25-27-28-30(19)26-20)24-22-23-18(13-32-22)17-5-4-14-2-1-3-16(14)12-17/h4-7,12-13,15H,1-3,8-11H2,(H,23,24,31). The van der Waals surface area contributed by atoms with Crippen LogP contribution in [0.15, 0.2) is 35.7 Å². The van der Waals surface area contributed by atoms with Crippen LogP contribution in [0, 0.1) is 5.92 Å². The van der Waals surface area contributed by atoms with Gasteiger partial charge in [-0.1, -0.05) is 12.1 Å². The maximum absolute atomic E-state index is 12.8. The minimum absolute atomic E-state index is 0.0321. The average Bonchev–Trinajstić information content (AvgIpc) is 3.58. The lowest BCUT2D eigenvalue weighted by Crippen LogP contribution is -2.38. The van der Waals surface area contributed by atoms with Crippen molar-refractivity contribution in [2.45, 2.75) is 32.1 Å². The molecule has 1 fully saturated rings. The zero-order valence-electron chi connectivity index (χ0n) is 17.4. The molecule has 1 aromatic carbocycles. The molecule has 0 unspecified atom stereocenters. The van der Waals surface area contributed by atoms with Crippen LogP contribution in [0.25, 0.3) is 16.9 Å². The van der Waals surface area contributed by atoms with Crippen molar-refractivity contribution in [2.24, 2.45) is 5.92 Å². The molecule has 4 aromatic rings. The van der Waals surface area contributed by atoms with Crippen LogP contribution in [0.3, 0.4) is 0 Å². The van der Waals surface area contributed by atoms with Crippen LogP contribution in [0.1, 0.15) is 30.4 Å². The van der Waals surface area contributed by atoms with Crippen LogP contribution < -0.4 is 10.2 Å². The predicted octanol–water partition coefficient (Wildman–Crippen LogP) is 2.99. The number of nitrogens with one attached hydrogen (secondary N) is 1. The number of nitrogens with zero attached hydrogens (tertiary/aromatic N) is 7. The highest BCUT2D eigenvalue weighted by atomic mass is 32.1. The highest BCUT2D eigenvalue weighted by Gasteiger charge is 2.26. The number of benzene rings is 1. The van der Waals surface area contributed by atoms with E-state index in [9.17, 15) is 4.79 Å². The van der Waals surface area contributed by atoms with Crippen molar-refractivity contribution in [3.05, 3.63) is 46.8 Å². The van der Waals surface area contributed by atoms with Gasteiger partial charge < -0.3 is 10.2 Å². The summed E-state index contributed by atoms with van der Waals surface area (Å²) in [5.41, 5.74) is 5.56. The van der Waals surface area contributed by atoms with E-state index in [1.807, 2.05) is 17.5 Å². The molecule has 3 aromatic heterocycles.